The number of nitrogens with one attached hydrogen (secondary N) is 1. The standard InChI is InChI=1S/C11H16ClNO2S/c1-2-16(15)6-5-13-8-9-3-4-11(14)10(12)7-9/h3-4,7,13-14H,2,5-6,8H2,1H3. The summed E-state index contributed by atoms with van der Waals surface area (Å²) in [6.07, 6.45) is 0. The van der Waals surface area contributed by atoms with Gasteiger partial charge in [0.1, 0.15) is 5.75 Å². The van der Waals surface area contributed by atoms with Crippen molar-refractivity contribution in [3.63, 3.8) is 0 Å². The molecule has 1 unspecified atom stereocenters. The van der Waals surface area contributed by atoms with E-state index in [9.17, 15) is 9.32 Å². The Hall–Kier alpha value is -0.580. The van der Waals surface area contributed by atoms with Crippen LogP contribution in [0.3, 0.4) is 0 Å². The van der Waals surface area contributed by atoms with Crippen molar-refractivity contribution >= 4 is 22.4 Å². The molecule has 0 aliphatic carbocycles. The molecule has 5 heteroatoms. The van der Waals surface area contributed by atoms with Crippen LogP contribution in [0.5, 0.6) is 5.75 Å². The number of rotatable bonds is 6. The Balaban J connectivity index is 2.32. The van der Waals surface area contributed by atoms with Crippen LogP contribution in [0.4, 0.5) is 0 Å². The zero-order valence-electron chi connectivity index (χ0n) is 9.20. The molecule has 0 heterocycles. The minimum Gasteiger partial charge on any atom is -0.506 e. The van der Waals surface area contributed by atoms with Crippen molar-refractivity contribution < 1.29 is 9.32 Å². The summed E-state index contributed by atoms with van der Waals surface area (Å²) in [5.41, 5.74) is 1.00. The lowest BCUT2D eigenvalue weighted by Gasteiger charge is -2.05. The van der Waals surface area contributed by atoms with E-state index in [1.165, 1.54) is 0 Å². The third-order valence-corrected chi connectivity index (χ3v) is 3.78. The highest BCUT2D eigenvalue weighted by atomic mass is 35.5. The second-order valence-electron chi connectivity index (χ2n) is 3.40. The first kappa shape index (κ1) is 13.5. The molecule has 0 fully saturated rings. The highest BCUT2D eigenvalue weighted by molar-refractivity contribution is 7.84. The normalized spacial score (nSPS) is 12.6. The van der Waals surface area contributed by atoms with Gasteiger partial charge in [0.2, 0.25) is 0 Å². The lowest BCUT2D eigenvalue weighted by molar-refractivity contribution is 0.475. The zero-order chi connectivity index (χ0) is 12.0. The lowest BCUT2D eigenvalue weighted by Crippen LogP contribution is -2.20. The Morgan fingerprint density at radius 2 is 2.25 bits per heavy atom. The van der Waals surface area contributed by atoms with E-state index in [1.807, 2.05) is 13.0 Å². The molecule has 0 radical (unpaired) electrons. The molecule has 0 saturated heterocycles. The van der Waals surface area contributed by atoms with Crippen LogP contribution in [0.1, 0.15) is 12.5 Å². The maximum absolute atomic E-state index is 11.1. The summed E-state index contributed by atoms with van der Waals surface area (Å²) in [4.78, 5) is 0. The first-order valence-electron chi connectivity index (χ1n) is 5.16. The van der Waals surface area contributed by atoms with Crippen LogP contribution >= 0.6 is 11.6 Å². The van der Waals surface area contributed by atoms with Gasteiger partial charge in [-0.1, -0.05) is 24.6 Å². The van der Waals surface area contributed by atoms with Crippen LogP contribution in [0.25, 0.3) is 0 Å². The summed E-state index contributed by atoms with van der Waals surface area (Å²) in [6.45, 7) is 3.30. The number of halogens is 1. The van der Waals surface area contributed by atoms with Crippen molar-refractivity contribution in [2.24, 2.45) is 0 Å². The largest absolute Gasteiger partial charge is 0.506 e. The maximum atomic E-state index is 11.1. The van der Waals surface area contributed by atoms with E-state index in [0.717, 1.165) is 12.1 Å². The van der Waals surface area contributed by atoms with Crippen LogP contribution in [0, 0.1) is 0 Å². The molecule has 1 atom stereocenters. The molecule has 1 aromatic carbocycles. The molecule has 2 N–H and O–H groups in total. The van der Waals surface area contributed by atoms with Crippen molar-refractivity contribution in [2.45, 2.75) is 13.5 Å². The Morgan fingerprint density at radius 3 is 2.88 bits per heavy atom. The minimum absolute atomic E-state index is 0.0949. The van der Waals surface area contributed by atoms with Gasteiger partial charge in [0.05, 0.1) is 5.02 Å². The molecular weight excluding hydrogens is 246 g/mol. The van der Waals surface area contributed by atoms with Crippen LogP contribution in [0.15, 0.2) is 18.2 Å². The van der Waals surface area contributed by atoms with Gasteiger partial charge in [-0.3, -0.25) is 4.21 Å². The summed E-state index contributed by atoms with van der Waals surface area (Å²) in [6, 6.07) is 5.11. The number of hydrogen-bond donors (Lipinski definition) is 2. The molecule has 0 bridgehead atoms. The molecule has 0 aliphatic heterocycles. The Kier molecular flexibility index (Phi) is 5.80. The van der Waals surface area contributed by atoms with Gasteiger partial charge >= 0.3 is 0 Å². The second kappa shape index (κ2) is 6.89. The predicted molar refractivity (Wildman–Crippen MR) is 68.4 cm³/mol. The number of phenolic OH excluding ortho intramolecular Hbond substituents is 1. The van der Waals surface area contributed by atoms with Gasteiger partial charge in [-0.25, -0.2) is 0 Å². The van der Waals surface area contributed by atoms with Crippen molar-refractivity contribution in [2.75, 3.05) is 18.1 Å². The topological polar surface area (TPSA) is 49.3 Å². The first-order valence-corrected chi connectivity index (χ1v) is 7.03. The Bertz CT molecular complexity index is 371. The Morgan fingerprint density at radius 1 is 1.50 bits per heavy atom. The average molecular weight is 262 g/mol. The molecule has 0 aromatic heterocycles. The van der Waals surface area contributed by atoms with Gasteiger partial charge in [0, 0.05) is 35.4 Å². The molecule has 90 valence electrons. The quantitative estimate of drug-likeness (QED) is 0.769. The third kappa shape index (κ3) is 4.51. The maximum Gasteiger partial charge on any atom is 0.134 e. The first-order chi connectivity index (χ1) is 7.63. The van der Waals surface area contributed by atoms with Gasteiger partial charge < -0.3 is 10.4 Å². The van der Waals surface area contributed by atoms with Gasteiger partial charge in [-0.2, -0.15) is 0 Å². The highest BCUT2D eigenvalue weighted by Gasteiger charge is 2.00. The summed E-state index contributed by atoms with van der Waals surface area (Å²) < 4.78 is 11.1. The van der Waals surface area contributed by atoms with E-state index in [2.05, 4.69) is 5.32 Å². The van der Waals surface area contributed by atoms with Crippen LogP contribution in [0.2, 0.25) is 5.02 Å². The SMILES string of the molecule is CCS(=O)CCNCc1ccc(O)c(Cl)c1. The number of phenols is 1. The smallest absolute Gasteiger partial charge is 0.134 e. The molecule has 0 saturated carbocycles. The summed E-state index contributed by atoms with van der Waals surface area (Å²) in [7, 11) is -0.721. The second-order valence-corrected chi connectivity index (χ2v) is 5.67. The fourth-order valence-electron chi connectivity index (χ4n) is 1.22. The van der Waals surface area contributed by atoms with Crippen LogP contribution in [-0.4, -0.2) is 27.4 Å². The highest BCUT2D eigenvalue weighted by Crippen LogP contribution is 2.23. The van der Waals surface area contributed by atoms with E-state index < -0.39 is 10.8 Å². The number of hydrogen-bond acceptors (Lipinski definition) is 3. The summed E-state index contributed by atoms with van der Waals surface area (Å²) in [5.74, 6) is 1.46. The van der Waals surface area contributed by atoms with Crippen molar-refractivity contribution in [1.82, 2.24) is 5.32 Å². The van der Waals surface area contributed by atoms with Crippen molar-refractivity contribution in [3.05, 3.63) is 28.8 Å². The van der Waals surface area contributed by atoms with Gasteiger partial charge in [-0.05, 0) is 17.7 Å². The minimum atomic E-state index is -0.721. The van der Waals surface area contributed by atoms with E-state index in [0.29, 0.717) is 23.1 Å². The monoisotopic (exact) mass is 261 g/mol. The third-order valence-electron chi connectivity index (χ3n) is 2.17. The van der Waals surface area contributed by atoms with E-state index in [1.54, 1.807) is 12.1 Å². The fraction of sp³-hybridized carbons (Fsp3) is 0.455. The van der Waals surface area contributed by atoms with Gasteiger partial charge in [-0.15, -0.1) is 0 Å². The fourth-order valence-corrected chi connectivity index (χ4v) is 2.09. The van der Waals surface area contributed by atoms with E-state index in [4.69, 9.17) is 11.6 Å². The molecule has 16 heavy (non-hydrogen) atoms. The number of benzene rings is 1. The van der Waals surface area contributed by atoms with E-state index >= 15 is 0 Å². The molecule has 1 aromatic rings. The average Bonchev–Trinajstić information content (AvgIpc) is 2.28. The summed E-state index contributed by atoms with van der Waals surface area (Å²) >= 11 is 5.77. The molecule has 0 spiro atoms. The van der Waals surface area contributed by atoms with Crippen molar-refractivity contribution in [3.8, 4) is 5.75 Å². The van der Waals surface area contributed by atoms with Crippen LogP contribution < -0.4 is 5.32 Å². The molecule has 0 amide bonds. The van der Waals surface area contributed by atoms with Gasteiger partial charge in [0.15, 0.2) is 0 Å². The lowest BCUT2D eigenvalue weighted by atomic mass is 10.2. The van der Waals surface area contributed by atoms with Crippen molar-refractivity contribution in [1.29, 1.82) is 0 Å². The molecular formula is C11H16ClNO2S. The molecule has 1 rings (SSSR count). The summed E-state index contributed by atoms with van der Waals surface area (Å²) in [5, 5.41) is 12.8. The number of aromatic hydroxyl groups is 1. The zero-order valence-corrected chi connectivity index (χ0v) is 10.8. The van der Waals surface area contributed by atoms with Crippen LogP contribution in [-0.2, 0) is 17.3 Å². The predicted octanol–water partition coefficient (Wildman–Crippen LogP) is 1.90. The van der Waals surface area contributed by atoms with E-state index in [-0.39, 0.29) is 5.75 Å². The Labute approximate surface area is 103 Å². The molecule has 0 aliphatic rings. The molecule has 3 nitrogen and oxygen atoms in total. The van der Waals surface area contributed by atoms with Gasteiger partial charge in [0.25, 0.3) is 0 Å².